The molecule has 0 aromatic heterocycles. The van der Waals surface area contributed by atoms with Crippen molar-refractivity contribution < 1.29 is 4.74 Å². The quantitative estimate of drug-likeness (QED) is 0.429. The molecule has 1 saturated heterocycles. The van der Waals surface area contributed by atoms with E-state index in [0.29, 0.717) is 12.6 Å². The molecule has 2 nitrogen and oxygen atoms in total. The van der Waals surface area contributed by atoms with Gasteiger partial charge in [0.25, 0.3) is 0 Å². The first kappa shape index (κ1) is 6.87. The van der Waals surface area contributed by atoms with E-state index in [4.69, 9.17) is 4.74 Å². The summed E-state index contributed by atoms with van der Waals surface area (Å²) in [5.74, 6) is 0. The molecule has 0 spiro atoms. The van der Waals surface area contributed by atoms with Gasteiger partial charge < -0.3 is 4.74 Å². The fourth-order valence-electron chi connectivity index (χ4n) is 0.927. The monoisotopic (exact) mass is 143 g/mol. The van der Waals surface area contributed by atoms with Crippen LogP contribution in [0.25, 0.3) is 0 Å². The molecule has 0 bridgehead atoms. The van der Waals surface area contributed by atoms with Gasteiger partial charge in [0.05, 0.1) is 17.8 Å². The summed E-state index contributed by atoms with van der Waals surface area (Å²) in [6.07, 6.45) is 2.61. The van der Waals surface area contributed by atoms with Crippen LogP contribution >= 0.6 is 12.2 Å². The van der Waals surface area contributed by atoms with Gasteiger partial charge in [-0.25, -0.2) is 4.99 Å². The van der Waals surface area contributed by atoms with Crippen LogP contribution in [0.5, 0.6) is 0 Å². The fourth-order valence-corrected chi connectivity index (χ4v) is 1.00. The summed E-state index contributed by atoms with van der Waals surface area (Å²) in [4.78, 5) is 3.79. The minimum atomic E-state index is 0.320. The molecule has 0 radical (unpaired) electrons. The van der Waals surface area contributed by atoms with Crippen molar-refractivity contribution in [2.24, 2.45) is 4.99 Å². The Labute approximate surface area is 59.9 Å². The zero-order valence-electron chi connectivity index (χ0n) is 5.17. The van der Waals surface area contributed by atoms with Crippen molar-refractivity contribution in [3.63, 3.8) is 0 Å². The van der Waals surface area contributed by atoms with Crippen LogP contribution in [0.15, 0.2) is 4.99 Å². The normalized spacial score (nSPS) is 25.6. The second-order valence-corrected chi connectivity index (χ2v) is 2.25. The van der Waals surface area contributed by atoms with Crippen LogP contribution in [0.2, 0.25) is 0 Å². The van der Waals surface area contributed by atoms with Gasteiger partial charge in [-0.3, -0.25) is 0 Å². The highest BCUT2D eigenvalue weighted by Crippen LogP contribution is 2.11. The molecule has 1 heterocycles. The molecule has 0 aromatic carbocycles. The molecule has 0 aromatic rings. The van der Waals surface area contributed by atoms with Crippen LogP contribution in [0.4, 0.5) is 0 Å². The third kappa shape index (κ3) is 2.22. The van der Waals surface area contributed by atoms with E-state index >= 15 is 0 Å². The maximum atomic E-state index is 5.27. The summed E-state index contributed by atoms with van der Waals surface area (Å²) in [7, 11) is 0. The van der Waals surface area contributed by atoms with Crippen molar-refractivity contribution in [3.8, 4) is 0 Å². The van der Waals surface area contributed by atoms with Crippen molar-refractivity contribution in [2.75, 3.05) is 13.2 Å². The average Bonchev–Trinajstić information content (AvgIpc) is 2.34. The zero-order valence-corrected chi connectivity index (χ0v) is 5.99. The smallest absolute Gasteiger partial charge is 0.0779 e. The Kier molecular flexibility index (Phi) is 2.84. The highest BCUT2D eigenvalue weighted by molar-refractivity contribution is 7.78. The molecule has 1 aliphatic rings. The Hall–Kier alpha value is -0.240. The molecule has 0 unspecified atom stereocenters. The first-order valence-electron chi connectivity index (χ1n) is 3.08. The lowest BCUT2D eigenvalue weighted by Crippen LogP contribution is -2.08. The minimum Gasteiger partial charge on any atom is -0.376 e. The zero-order chi connectivity index (χ0) is 6.53. The van der Waals surface area contributed by atoms with Crippen LogP contribution in [0.3, 0.4) is 0 Å². The number of aliphatic imine (C=N–C) groups is 1. The third-order valence-corrected chi connectivity index (χ3v) is 1.51. The number of thiocarbonyl (C=S) groups is 1. The van der Waals surface area contributed by atoms with Crippen molar-refractivity contribution in [3.05, 3.63) is 0 Å². The summed E-state index contributed by atoms with van der Waals surface area (Å²) in [5, 5.41) is 2.32. The molecule has 1 atom stereocenters. The standard InChI is InChI=1S/C6H9NOS/c9-5-7-4-6-2-1-3-8-6/h6H,1-4H2/t6-/m0/s1. The molecule has 3 heteroatoms. The lowest BCUT2D eigenvalue weighted by atomic mass is 10.2. The van der Waals surface area contributed by atoms with Crippen LogP contribution in [-0.2, 0) is 4.74 Å². The molecular formula is C6H9NOS. The van der Waals surface area contributed by atoms with Gasteiger partial charge in [-0.05, 0) is 25.1 Å². The Morgan fingerprint density at radius 1 is 1.78 bits per heavy atom. The topological polar surface area (TPSA) is 21.6 Å². The second kappa shape index (κ2) is 3.72. The molecule has 1 rings (SSSR count). The molecule has 0 amide bonds. The summed E-state index contributed by atoms with van der Waals surface area (Å²) in [5.41, 5.74) is 0. The maximum absolute atomic E-state index is 5.27. The summed E-state index contributed by atoms with van der Waals surface area (Å²) >= 11 is 4.41. The van der Waals surface area contributed by atoms with E-state index < -0.39 is 0 Å². The van der Waals surface area contributed by atoms with E-state index in [0.717, 1.165) is 19.4 Å². The SMILES string of the molecule is S=C=NC[C@@H]1CCCO1. The van der Waals surface area contributed by atoms with Crippen LogP contribution in [-0.4, -0.2) is 24.4 Å². The summed E-state index contributed by atoms with van der Waals surface area (Å²) in [6.45, 7) is 1.58. The van der Waals surface area contributed by atoms with Crippen LogP contribution in [0, 0.1) is 0 Å². The Balaban J connectivity index is 2.18. The molecule has 1 aliphatic heterocycles. The molecular weight excluding hydrogens is 134 g/mol. The lowest BCUT2D eigenvalue weighted by molar-refractivity contribution is 0.118. The van der Waals surface area contributed by atoms with E-state index in [1.54, 1.807) is 0 Å². The Morgan fingerprint density at radius 3 is 3.22 bits per heavy atom. The summed E-state index contributed by atoms with van der Waals surface area (Å²) < 4.78 is 5.27. The van der Waals surface area contributed by atoms with Crippen LogP contribution in [0.1, 0.15) is 12.8 Å². The minimum absolute atomic E-state index is 0.320. The number of nitrogens with zero attached hydrogens (tertiary/aromatic N) is 1. The molecule has 0 aliphatic carbocycles. The molecule has 0 N–H and O–H groups in total. The number of isothiocyanates is 1. The predicted molar refractivity (Wildman–Crippen MR) is 38.9 cm³/mol. The Bertz CT molecular complexity index is 125. The maximum Gasteiger partial charge on any atom is 0.0779 e. The number of hydrogen-bond donors (Lipinski definition) is 0. The van der Waals surface area contributed by atoms with E-state index in [-0.39, 0.29) is 0 Å². The van der Waals surface area contributed by atoms with E-state index in [9.17, 15) is 0 Å². The van der Waals surface area contributed by atoms with Gasteiger partial charge >= 0.3 is 0 Å². The van der Waals surface area contributed by atoms with Crippen molar-refractivity contribution in [2.45, 2.75) is 18.9 Å². The number of hydrogen-bond acceptors (Lipinski definition) is 3. The van der Waals surface area contributed by atoms with Crippen LogP contribution < -0.4 is 0 Å². The summed E-state index contributed by atoms with van der Waals surface area (Å²) in [6, 6.07) is 0. The number of rotatable bonds is 2. The number of ether oxygens (including phenoxy) is 1. The average molecular weight is 143 g/mol. The van der Waals surface area contributed by atoms with E-state index in [1.807, 2.05) is 0 Å². The second-order valence-electron chi connectivity index (χ2n) is 2.07. The van der Waals surface area contributed by atoms with E-state index in [2.05, 4.69) is 22.4 Å². The molecule has 9 heavy (non-hydrogen) atoms. The third-order valence-electron chi connectivity index (χ3n) is 1.38. The van der Waals surface area contributed by atoms with Gasteiger partial charge in [0.15, 0.2) is 0 Å². The molecule has 50 valence electrons. The highest BCUT2D eigenvalue weighted by atomic mass is 32.1. The fraction of sp³-hybridized carbons (Fsp3) is 0.833. The predicted octanol–water partition coefficient (Wildman–Crippen LogP) is 1.27. The molecule has 0 saturated carbocycles. The molecule has 1 fully saturated rings. The largest absolute Gasteiger partial charge is 0.376 e. The highest BCUT2D eigenvalue weighted by Gasteiger charge is 2.13. The first-order chi connectivity index (χ1) is 4.43. The van der Waals surface area contributed by atoms with Gasteiger partial charge in [0, 0.05) is 6.61 Å². The van der Waals surface area contributed by atoms with Gasteiger partial charge in [-0.2, -0.15) is 0 Å². The van der Waals surface area contributed by atoms with Crippen molar-refractivity contribution in [1.82, 2.24) is 0 Å². The first-order valence-corrected chi connectivity index (χ1v) is 3.49. The van der Waals surface area contributed by atoms with Crippen molar-refractivity contribution in [1.29, 1.82) is 0 Å². The lowest BCUT2D eigenvalue weighted by Gasteiger charge is -2.01. The van der Waals surface area contributed by atoms with E-state index in [1.165, 1.54) is 0 Å². The van der Waals surface area contributed by atoms with Gasteiger partial charge in [-0.1, -0.05) is 0 Å². The van der Waals surface area contributed by atoms with Gasteiger partial charge in [0.1, 0.15) is 0 Å². The van der Waals surface area contributed by atoms with Gasteiger partial charge in [0.2, 0.25) is 0 Å². The van der Waals surface area contributed by atoms with Crippen molar-refractivity contribution >= 4 is 17.4 Å². The Morgan fingerprint density at radius 2 is 2.67 bits per heavy atom. The van der Waals surface area contributed by atoms with Gasteiger partial charge in [-0.15, -0.1) is 0 Å².